The fourth-order valence-electron chi connectivity index (χ4n) is 4.46. The van der Waals surface area contributed by atoms with E-state index in [1.165, 1.54) is 0 Å². The molecule has 0 rings (SSSR count). The van der Waals surface area contributed by atoms with Crippen molar-refractivity contribution in [2.75, 3.05) is 24.6 Å². The van der Waals surface area contributed by atoms with Gasteiger partial charge < -0.3 is 0 Å². The second-order valence-electron chi connectivity index (χ2n) is 7.83. The molecule has 0 aliphatic carbocycles. The van der Waals surface area contributed by atoms with Gasteiger partial charge in [0.15, 0.2) is 0 Å². The number of hydrogen-bond donors (Lipinski definition) is 2. The summed E-state index contributed by atoms with van der Waals surface area (Å²) >= 11 is 0. The molecule has 150 valence electrons. The molecule has 4 nitrogen and oxygen atoms in total. The van der Waals surface area contributed by atoms with Crippen LogP contribution in [0.15, 0.2) is 0 Å². The molecule has 1 unspecified atom stereocenters. The van der Waals surface area contributed by atoms with Gasteiger partial charge in [0, 0.05) is 0 Å². The average Bonchev–Trinajstić information content (AvgIpc) is 2.59. The summed E-state index contributed by atoms with van der Waals surface area (Å²) in [5, 5.41) is 19.6. The molecule has 0 spiro atoms. The number of rotatable bonds is 16. The van der Waals surface area contributed by atoms with Gasteiger partial charge in [0.05, 0.1) is 0 Å². The molecule has 0 saturated heterocycles. The molecule has 0 heterocycles. The van der Waals surface area contributed by atoms with E-state index in [0.29, 0.717) is 0 Å². The Balaban J connectivity index is 6.28. The van der Waals surface area contributed by atoms with Gasteiger partial charge in [-0.2, -0.15) is 0 Å². The number of unbranched alkanes of at least 4 members (excludes halogenated alkanes) is 4. The summed E-state index contributed by atoms with van der Waals surface area (Å²) in [4.78, 5) is 23.9. The van der Waals surface area contributed by atoms with Gasteiger partial charge in [0.2, 0.25) is 0 Å². The van der Waals surface area contributed by atoms with Crippen LogP contribution >= 0.6 is 6.60 Å². The normalized spacial score (nSPS) is 14.6. The molecule has 1 atom stereocenters. The molecular weight excluding hydrogens is 335 g/mol. The van der Waals surface area contributed by atoms with Crippen molar-refractivity contribution in [3.8, 4) is 0 Å². The second kappa shape index (κ2) is 11.9. The Kier molecular flexibility index (Phi) is 11.6. The topological polar surface area (TPSA) is 74.6 Å². The molecule has 5 heteroatoms. The van der Waals surface area contributed by atoms with Crippen molar-refractivity contribution < 1.29 is 19.8 Å². The van der Waals surface area contributed by atoms with E-state index in [-0.39, 0.29) is 6.42 Å². The maximum absolute atomic E-state index is 12.3. The first-order chi connectivity index (χ1) is 11.8. The summed E-state index contributed by atoms with van der Waals surface area (Å²) in [5.74, 6) is -1.82. The number of hydrogen-bond acceptors (Lipinski definition) is 2. The van der Waals surface area contributed by atoms with Crippen LogP contribution in [0.5, 0.6) is 0 Å². The number of aliphatic carboxylic acids is 2. The standard InChI is InChI=1S/C20H41O4P/c1-5-9-13-25(14-10-6-2,15-11-7-3,16-12-8-4)18(20(23)24)17-19(21)22/h18H,5-17H2,1-4H3,(H,21,22)(H,23,24). The number of carboxylic acid groups (broad SMARTS) is 2. The summed E-state index contributed by atoms with van der Waals surface area (Å²) in [6.45, 7) is 5.94. The van der Waals surface area contributed by atoms with Crippen LogP contribution in [0, 0.1) is 0 Å². The van der Waals surface area contributed by atoms with Crippen LogP contribution in [0.4, 0.5) is 0 Å². The van der Waals surface area contributed by atoms with Crippen molar-refractivity contribution in [2.24, 2.45) is 0 Å². The first-order valence-electron chi connectivity index (χ1n) is 10.3. The Bertz CT molecular complexity index is 365. The van der Waals surface area contributed by atoms with Crippen LogP contribution in [0.2, 0.25) is 0 Å². The first kappa shape index (κ1) is 24.4. The number of carboxylic acids is 2. The third kappa shape index (κ3) is 6.89. The van der Waals surface area contributed by atoms with Gasteiger partial charge in [0.25, 0.3) is 0 Å². The van der Waals surface area contributed by atoms with Crippen molar-refractivity contribution in [1.29, 1.82) is 0 Å². The predicted molar refractivity (Wildman–Crippen MR) is 110 cm³/mol. The van der Waals surface area contributed by atoms with E-state index in [1.807, 2.05) is 0 Å². The second-order valence-corrected chi connectivity index (χ2v) is 14.4. The quantitative estimate of drug-likeness (QED) is 0.340. The molecule has 0 aromatic rings. The molecule has 0 radical (unpaired) electrons. The van der Waals surface area contributed by atoms with Gasteiger partial charge in [-0.05, 0) is 0 Å². The third-order valence-corrected chi connectivity index (χ3v) is 14.3. The SMILES string of the molecule is CCCCP(CCCC)(CCCC)(CCCC)C(CC(=O)O)C(=O)O. The van der Waals surface area contributed by atoms with E-state index in [9.17, 15) is 19.8 Å². The summed E-state index contributed by atoms with van der Waals surface area (Å²) in [5.41, 5.74) is -0.667. The van der Waals surface area contributed by atoms with Crippen molar-refractivity contribution in [2.45, 2.75) is 91.1 Å². The summed E-state index contributed by atoms with van der Waals surface area (Å²) in [6, 6.07) is 0. The maximum atomic E-state index is 12.3. The Morgan fingerprint density at radius 1 is 0.720 bits per heavy atom. The molecule has 0 amide bonds. The van der Waals surface area contributed by atoms with E-state index in [1.54, 1.807) is 0 Å². The van der Waals surface area contributed by atoms with Crippen LogP contribution in [0.1, 0.15) is 85.5 Å². The zero-order chi connectivity index (χ0) is 19.4. The Hall–Kier alpha value is -0.630. The molecule has 0 saturated carbocycles. The van der Waals surface area contributed by atoms with E-state index >= 15 is 0 Å². The average molecular weight is 377 g/mol. The zero-order valence-corrected chi connectivity index (χ0v) is 17.8. The minimum absolute atomic E-state index is 0.200. The van der Waals surface area contributed by atoms with Crippen LogP contribution in [-0.4, -0.2) is 52.5 Å². The van der Waals surface area contributed by atoms with Gasteiger partial charge in [-0.15, -0.1) is 0 Å². The molecular formula is C20H41O4P. The summed E-state index contributed by atoms with van der Waals surface area (Å²) in [6.07, 6.45) is 11.9. The molecule has 0 aromatic carbocycles. The van der Waals surface area contributed by atoms with Crippen molar-refractivity contribution in [1.82, 2.24) is 0 Å². The predicted octanol–water partition coefficient (Wildman–Crippen LogP) is 5.67. The van der Waals surface area contributed by atoms with Crippen LogP contribution in [0.3, 0.4) is 0 Å². The minimum atomic E-state index is -2.67. The van der Waals surface area contributed by atoms with Gasteiger partial charge in [-0.3, -0.25) is 0 Å². The van der Waals surface area contributed by atoms with Crippen molar-refractivity contribution in [3.63, 3.8) is 0 Å². The fourth-order valence-corrected chi connectivity index (χ4v) is 13.0. The number of carbonyl (C=O) groups is 2. The molecule has 0 aromatic heterocycles. The Morgan fingerprint density at radius 3 is 1.24 bits per heavy atom. The van der Waals surface area contributed by atoms with Crippen LogP contribution < -0.4 is 0 Å². The Labute approximate surface area is 154 Å². The van der Waals surface area contributed by atoms with Crippen LogP contribution in [0.25, 0.3) is 0 Å². The summed E-state index contributed by atoms with van der Waals surface area (Å²) < 4.78 is 0. The van der Waals surface area contributed by atoms with E-state index in [0.717, 1.165) is 76.0 Å². The zero-order valence-electron chi connectivity index (χ0n) is 16.9. The molecule has 0 aliphatic heterocycles. The molecule has 0 fully saturated rings. The van der Waals surface area contributed by atoms with E-state index in [4.69, 9.17) is 0 Å². The van der Waals surface area contributed by atoms with Crippen molar-refractivity contribution >= 4 is 18.5 Å². The monoisotopic (exact) mass is 376 g/mol. The van der Waals surface area contributed by atoms with Gasteiger partial charge >= 0.3 is 154 Å². The van der Waals surface area contributed by atoms with Gasteiger partial charge in [0.1, 0.15) is 0 Å². The molecule has 2 N–H and O–H groups in total. The van der Waals surface area contributed by atoms with E-state index < -0.39 is 24.2 Å². The first-order valence-corrected chi connectivity index (χ1v) is 13.3. The van der Waals surface area contributed by atoms with Crippen molar-refractivity contribution in [3.05, 3.63) is 0 Å². The molecule has 0 aliphatic rings. The van der Waals surface area contributed by atoms with Crippen LogP contribution in [-0.2, 0) is 9.59 Å². The van der Waals surface area contributed by atoms with E-state index in [2.05, 4.69) is 27.7 Å². The Morgan fingerprint density at radius 2 is 1.04 bits per heavy atom. The van der Waals surface area contributed by atoms with Gasteiger partial charge in [-0.25, -0.2) is 0 Å². The van der Waals surface area contributed by atoms with Gasteiger partial charge in [-0.1, -0.05) is 0 Å². The summed E-state index contributed by atoms with van der Waals surface area (Å²) in [7, 11) is 0. The molecule has 25 heavy (non-hydrogen) atoms. The molecule has 0 bridgehead atoms. The third-order valence-electron chi connectivity index (χ3n) is 6.00. The fraction of sp³-hybridized carbons (Fsp3) is 0.900.